The second-order valence-electron chi connectivity index (χ2n) is 4.86. The summed E-state index contributed by atoms with van der Waals surface area (Å²) in [5, 5.41) is 2.76. The first kappa shape index (κ1) is 16.5. The fourth-order valence-corrected chi connectivity index (χ4v) is 2.18. The lowest BCUT2D eigenvalue weighted by Gasteiger charge is -2.14. The van der Waals surface area contributed by atoms with Gasteiger partial charge in [0.1, 0.15) is 0 Å². The number of para-hydroxylation sites is 1. The third kappa shape index (κ3) is 4.30. The van der Waals surface area contributed by atoms with Crippen molar-refractivity contribution in [2.45, 2.75) is 20.0 Å². The van der Waals surface area contributed by atoms with Crippen molar-refractivity contribution in [3.8, 4) is 0 Å². The molecule has 0 aromatic heterocycles. The zero-order valence-corrected chi connectivity index (χ0v) is 14.5. The molecule has 0 spiro atoms. The lowest BCUT2D eigenvalue weighted by molar-refractivity contribution is -0.123. The number of amides is 1. The Balaban J connectivity index is 1.98. The van der Waals surface area contributed by atoms with Gasteiger partial charge in [-0.3, -0.25) is 4.79 Å². The summed E-state index contributed by atoms with van der Waals surface area (Å²) in [6.07, 6.45) is -0.869. The third-order valence-corrected chi connectivity index (χ3v) is 3.86. The fraction of sp³-hybridized carbons (Fsp3) is 0.176. The smallest absolute Gasteiger partial charge is 0.338 e. The van der Waals surface area contributed by atoms with Crippen LogP contribution < -0.4 is 5.32 Å². The number of ether oxygens (including phenoxy) is 1. The van der Waals surface area contributed by atoms with Gasteiger partial charge in [-0.05, 0) is 72.3 Å². The van der Waals surface area contributed by atoms with E-state index in [0.29, 0.717) is 11.3 Å². The van der Waals surface area contributed by atoms with Crippen LogP contribution in [0.15, 0.2) is 48.5 Å². The van der Waals surface area contributed by atoms with E-state index in [9.17, 15) is 9.59 Å². The highest BCUT2D eigenvalue weighted by atomic mass is 127. The maximum Gasteiger partial charge on any atom is 0.338 e. The van der Waals surface area contributed by atoms with Crippen LogP contribution in [0.4, 0.5) is 5.69 Å². The van der Waals surface area contributed by atoms with Crippen molar-refractivity contribution in [2.24, 2.45) is 0 Å². The number of benzene rings is 2. The Morgan fingerprint density at radius 3 is 2.36 bits per heavy atom. The molecule has 0 saturated carbocycles. The second kappa shape index (κ2) is 7.40. The molecule has 1 N–H and O–H groups in total. The van der Waals surface area contributed by atoms with Crippen molar-refractivity contribution < 1.29 is 14.3 Å². The first-order valence-electron chi connectivity index (χ1n) is 6.80. The number of rotatable bonds is 4. The number of halogens is 1. The Hall–Kier alpha value is -1.89. The molecule has 0 aliphatic heterocycles. The van der Waals surface area contributed by atoms with E-state index in [1.807, 2.05) is 37.3 Å². The predicted octanol–water partition coefficient (Wildman–Crippen LogP) is 3.78. The maximum absolute atomic E-state index is 12.1. The molecule has 22 heavy (non-hydrogen) atoms. The molecule has 2 rings (SSSR count). The van der Waals surface area contributed by atoms with E-state index in [4.69, 9.17) is 4.74 Å². The van der Waals surface area contributed by atoms with E-state index in [0.717, 1.165) is 9.13 Å². The Morgan fingerprint density at radius 2 is 1.73 bits per heavy atom. The Bertz CT molecular complexity index is 683. The van der Waals surface area contributed by atoms with Crippen LogP contribution in [0.1, 0.15) is 22.8 Å². The van der Waals surface area contributed by atoms with Crippen LogP contribution in [0.5, 0.6) is 0 Å². The van der Waals surface area contributed by atoms with E-state index in [1.165, 1.54) is 0 Å². The summed E-state index contributed by atoms with van der Waals surface area (Å²) in [5.74, 6) is -0.864. The molecule has 0 fully saturated rings. The van der Waals surface area contributed by atoms with Gasteiger partial charge in [-0.25, -0.2) is 4.79 Å². The maximum atomic E-state index is 12.1. The van der Waals surface area contributed by atoms with Gasteiger partial charge in [-0.1, -0.05) is 18.2 Å². The number of aryl methyl sites for hydroxylation is 1. The standard InChI is InChI=1S/C17H16INO3/c1-11-5-3-4-6-15(11)19-16(20)12(2)22-17(21)13-7-9-14(18)10-8-13/h3-10,12H,1-2H3,(H,19,20)/t12-/m1/s1. The predicted molar refractivity (Wildman–Crippen MR) is 93.8 cm³/mol. The summed E-state index contributed by atoms with van der Waals surface area (Å²) >= 11 is 2.16. The molecule has 2 aromatic carbocycles. The molecule has 0 bridgehead atoms. The molecular weight excluding hydrogens is 393 g/mol. The minimum atomic E-state index is -0.869. The molecule has 4 nitrogen and oxygen atoms in total. The normalized spacial score (nSPS) is 11.6. The summed E-state index contributed by atoms with van der Waals surface area (Å²) in [4.78, 5) is 24.1. The molecule has 0 aliphatic rings. The lowest BCUT2D eigenvalue weighted by Crippen LogP contribution is -2.30. The number of hydrogen-bond donors (Lipinski definition) is 1. The number of anilines is 1. The van der Waals surface area contributed by atoms with Crippen molar-refractivity contribution in [1.82, 2.24) is 0 Å². The van der Waals surface area contributed by atoms with Gasteiger partial charge in [0.15, 0.2) is 6.10 Å². The summed E-state index contributed by atoms with van der Waals surface area (Å²) < 4.78 is 6.22. The number of carbonyl (C=O) groups excluding carboxylic acids is 2. The molecule has 0 unspecified atom stereocenters. The van der Waals surface area contributed by atoms with Gasteiger partial charge in [0.2, 0.25) is 0 Å². The van der Waals surface area contributed by atoms with E-state index < -0.39 is 12.1 Å². The van der Waals surface area contributed by atoms with Crippen molar-refractivity contribution in [2.75, 3.05) is 5.32 Å². The van der Waals surface area contributed by atoms with Crippen molar-refractivity contribution in [3.63, 3.8) is 0 Å². The third-order valence-electron chi connectivity index (χ3n) is 3.14. The highest BCUT2D eigenvalue weighted by Gasteiger charge is 2.19. The molecule has 0 radical (unpaired) electrons. The number of carbonyl (C=O) groups is 2. The van der Waals surface area contributed by atoms with Gasteiger partial charge < -0.3 is 10.1 Å². The molecule has 5 heteroatoms. The van der Waals surface area contributed by atoms with Crippen LogP contribution in [0, 0.1) is 10.5 Å². The molecule has 1 atom stereocenters. The fourth-order valence-electron chi connectivity index (χ4n) is 1.82. The van der Waals surface area contributed by atoms with Crippen molar-refractivity contribution in [3.05, 3.63) is 63.2 Å². The zero-order valence-electron chi connectivity index (χ0n) is 12.3. The van der Waals surface area contributed by atoms with Gasteiger partial charge in [0.05, 0.1) is 5.56 Å². The van der Waals surface area contributed by atoms with Gasteiger partial charge in [0.25, 0.3) is 5.91 Å². The Labute approximate surface area is 143 Å². The quantitative estimate of drug-likeness (QED) is 0.618. The minimum Gasteiger partial charge on any atom is -0.449 e. The average Bonchev–Trinajstić information content (AvgIpc) is 2.50. The molecular formula is C17H16INO3. The van der Waals surface area contributed by atoms with Crippen LogP contribution in [0.25, 0.3) is 0 Å². The number of esters is 1. The summed E-state index contributed by atoms with van der Waals surface area (Å²) in [5.41, 5.74) is 2.09. The minimum absolute atomic E-state index is 0.354. The highest BCUT2D eigenvalue weighted by molar-refractivity contribution is 14.1. The summed E-state index contributed by atoms with van der Waals surface area (Å²) in [7, 11) is 0. The van der Waals surface area contributed by atoms with E-state index in [-0.39, 0.29) is 5.91 Å². The van der Waals surface area contributed by atoms with Crippen LogP contribution in [0.2, 0.25) is 0 Å². The molecule has 114 valence electrons. The van der Waals surface area contributed by atoms with Gasteiger partial charge in [0, 0.05) is 9.26 Å². The Morgan fingerprint density at radius 1 is 1.09 bits per heavy atom. The van der Waals surface area contributed by atoms with Crippen LogP contribution in [0.3, 0.4) is 0 Å². The van der Waals surface area contributed by atoms with Gasteiger partial charge in [-0.15, -0.1) is 0 Å². The summed E-state index contributed by atoms with van der Waals surface area (Å²) in [6.45, 7) is 3.45. The lowest BCUT2D eigenvalue weighted by atomic mass is 10.2. The second-order valence-corrected chi connectivity index (χ2v) is 6.10. The molecule has 2 aromatic rings. The Kier molecular flexibility index (Phi) is 5.54. The van der Waals surface area contributed by atoms with E-state index in [1.54, 1.807) is 25.1 Å². The topological polar surface area (TPSA) is 55.4 Å². The zero-order chi connectivity index (χ0) is 16.1. The largest absolute Gasteiger partial charge is 0.449 e. The van der Waals surface area contributed by atoms with Crippen LogP contribution in [-0.2, 0) is 9.53 Å². The first-order chi connectivity index (χ1) is 10.5. The van der Waals surface area contributed by atoms with Crippen LogP contribution >= 0.6 is 22.6 Å². The average molecular weight is 409 g/mol. The van der Waals surface area contributed by atoms with Gasteiger partial charge in [-0.2, -0.15) is 0 Å². The molecule has 1 amide bonds. The summed E-state index contributed by atoms with van der Waals surface area (Å²) in [6, 6.07) is 14.4. The first-order valence-corrected chi connectivity index (χ1v) is 7.88. The number of nitrogens with one attached hydrogen (secondary N) is 1. The highest BCUT2D eigenvalue weighted by Crippen LogP contribution is 2.14. The van der Waals surface area contributed by atoms with E-state index in [2.05, 4.69) is 27.9 Å². The number of hydrogen-bond acceptors (Lipinski definition) is 3. The van der Waals surface area contributed by atoms with E-state index >= 15 is 0 Å². The SMILES string of the molecule is Cc1ccccc1NC(=O)[C@@H](C)OC(=O)c1ccc(I)cc1. The van der Waals surface area contributed by atoms with Gasteiger partial charge >= 0.3 is 5.97 Å². The molecule has 0 saturated heterocycles. The van der Waals surface area contributed by atoms with Crippen molar-refractivity contribution >= 4 is 40.2 Å². The van der Waals surface area contributed by atoms with Crippen LogP contribution in [-0.4, -0.2) is 18.0 Å². The molecule has 0 aliphatic carbocycles. The molecule has 0 heterocycles. The van der Waals surface area contributed by atoms with Crippen molar-refractivity contribution in [1.29, 1.82) is 0 Å². The monoisotopic (exact) mass is 409 g/mol.